The molecule has 0 fully saturated rings. The van der Waals surface area contributed by atoms with Crippen molar-refractivity contribution in [3.05, 3.63) is 41.6 Å². The Hall–Kier alpha value is -1.18. The molecule has 2 heteroatoms. The van der Waals surface area contributed by atoms with Crippen molar-refractivity contribution in [1.82, 2.24) is 0 Å². The van der Waals surface area contributed by atoms with E-state index in [4.69, 9.17) is 0 Å². The van der Waals surface area contributed by atoms with Gasteiger partial charge < -0.3 is 0 Å². The van der Waals surface area contributed by atoms with Crippen LogP contribution in [0.5, 0.6) is 0 Å². The topological polar surface area (TPSA) is 24.7 Å². The van der Waals surface area contributed by atoms with Crippen LogP contribution in [-0.4, -0.2) is 0 Å². The summed E-state index contributed by atoms with van der Waals surface area (Å²) in [4.78, 5) is 8.02. The van der Waals surface area contributed by atoms with Gasteiger partial charge in [0.2, 0.25) is 0 Å². The number of hydrogen-bond acceptors (Lipinski definition) is 2. The quantitative estimate of drug-likeness (QED) is 0.459. The fourth-order valence-electron chi connectivity index (χ4n) is 0.836. The fourth-order valence-corrected chi connectivity index (χ4v) is 0.836. The molecule has 0 amide bonds. The number of fused-ring (bicyclic) bond motifs is 1. The smallest absolute Gasteiger partial charge is 0.183 e. The van der Waals surface area contributed by atoms with Gasteiger partial charge in [-0.3, -0.25) is 9.98 Å². The summed E-state index contributed by atoms with van der Waals surface area (Å²) in [5, 5.41) is 1.94. The zero-order valence-electron chi connectivity index (χ0n) is 4.78. The Morgan fingerprint density at radius 3 is 2.00 bits per heavy atom. The molecule has 9 heavy (non-hydrogen) atoms. The van der Waals surface area contributed by atoms with Gasteiger partial charge in [0.1, 0.15) is 0 Å². The second-order valence-corrected chi connectivity index (χ2v) is 1.86. The summed E-state index contributed by atoms with van der Waals surface area (Å²) in [5.74, 6) is 0. The van der Waals surface area contributed by atoms with E-state index in [-0.39, 0.29) is 0 Å². The van der Waals surface area contributed by atoms with E-state index in [1.54, 1.807) is 6.67 Å². The molecular weight excluding hydrogens is 112 g/mol. The summed E-state index contributed by atoms with van der Waals surface area (Å²) in [7, 11) is 0. The van der Waals surface area contributed by atoms with E-state index >= 15 is 0 Å². The van der Waals surface area contributed by atoms with Crippen molar-refractivity contribution in [2.75, 3.05) is 0 Å². The van der Waals surface area contributed by atoms with Gasteiger partial charge in [0, 0.05) is 0 Å². The molecule has 2 nitrogen and oxygen atoms in total. The van der Waals surface area contributed by atoms with Gasteiger partial charge >= 0.3 is 0 Å². The van der Waals surface area contributed by atoms with E-state index in [9.17, 15) is 0 Å². The van der Waals surface area contributed by atoms with Crippen molar-refractivity contribution in [2.45, 2.75) is 0 Å². The van der Waals surface area contributed by atoms with Gasteiger partial charge in [-0.1, -0.05) is 12.1 Å². The Morgan fingerprint density at radius 2 is 1.44 bits per heavy atom. The zero-order chi connectivity index (χ0) is 6.10. The summed E-state index contributed by atoms with van der Waals surface area (Å²) in [6, 6.07) is 7.80. The van der Waals surface area contributed by atoms with Crippen LogP contribution in [0.15, 0.2) is 34.3 Å². The third-order valence-electron chi connectivity index (χ3n) is 1.28. The number of hydrogen-bond donors (Lipinski definition) is 0. The molecule has 0 aromatic heterocycles. The monoisotopic (exact) mass is 117 g/mol. The molecule has 1 aliphatic heterocycles. The SMILES string of the molecule is [CH]1N=c2ccccc2=N1. The number of para-hydroxylation sites is 2. The van der Waals surface area contributed by atoms with Gasteiger partial charge in [-0.25, -0.2) is 0 Å². The van der Waals surface area contributed by atoms with Gasteiger partial charge in [0.05, 0.1) is 10.7 Å². The van der Waals surface area contributed by atoms with Crippen molar-refractivity contribution < 1.29 is 0 Å². The predicted octanol–water partition coefficient (Wildman–Crippen LogP) is 0.0587. The van der Waals surface area contributed by atoms with E-state index in [1.807, 2.05) is 24.3 Å². The molecule has 0 N–H and O–H groups in total. The molecule has 0 spiro atoms. The molecule has 1 aliphatic rings. The molecule has 0 unspecified atom stereocenters. The molecule has 43 valence electrons. The van der Waals surface area contributed by atoms with Crippen LogP contribution < -0.4 is 10.7 Å². The normalized spacial score (nSPS) is 13.8. The highest BCUT2D eigenvalue weighted by Crippen LogP contribution is 1.82. The summed E-state index contributed by atoms with van der Waals surface area (Å²) >= 11 is 0. The lowest BCUT2D eigenvalue weighted by molar-refractivity contribution is 1.23. The Labute approximate surface area is 52.6 Å². The number of rotatable bonds is 0. The Balaban J connectivity index is 2.97. The first-order valence-corrected chi connectivity index (χ1v) is 2.79. The van der Waals surface area contributed by atoms with Crippen LogP contribution in [0.3, 0.4) is 0 Å². The van der Waals surface area contributed by atoms with Gasteiger partial charge in [-0.2, -0.15) is 0 Å². The van der Waals surface area contributed by atoms with Gasteiger partial charge in [0.15, 0.2) is 6.67 Å². The van der Waals surface area contributed by atoms with Crippen molar-refractivity contribution >= 4 is 0 Å². The maximum Gasteiger partial charge on any atom is 0.183 e. The lowest BCUT2D eigenvalue weighted by atomic mass is 10.3. The first kappa shape index (κ1) is 4.68. The van der Waals surface area contributed by atoms with Crippen molar-refractivity contribution in [3.8, 4) is 0 Å². The third-order valence-corrected chi connectivity index (χ3v) is 1.28. The molecule has 0 saturated carbocycles. The van der Waals surface area contributed by atoms with Gasteiger partial charge in [-0.05, 0) is 12.1 Å². The van der Waals surface area contributed by atoms with Crippen molar-refractivity contribution in [1.29, 1.82) is 0 Å². The molecule has 0 saturated heterocycles. The van der Waals surface area contributed by atoms with E-state index < -0.39 is 0 Å². The van der Waals surface area contributed by atoms with Crippen LogP contribution in [0.25, 0.3) is 0 Å². The lowest BCUT2D eigenvalue weighted by Gasteiger charge is -1.75. The maximum absolute atomic E-state index is 4.01. The van der Waals surface area contributed by atoms with Crippen molar-refractivity contribution in [3.63, 3.8) is 0 Å². The van der Waals surface area contributed by atoms with Gasteiger partial charge in [-0.15, -0.1) is 0 Å². The first-order valence-electron chi connectivity index (χ1n) is 2.79. The molecule has 2 rings (SSSR count). The highest BCUT2D eigenvalue weighted by atomic mass is 15.0. The Morgan fingerprint density at radius 1 is 0.889 bits per heavy atom. The summed E-state index contributed by atoms with van der Waals surface area (Å²) in [6.45, 7) is 1.57. The van der Waals surface area contributed by atoms with Crippen LogP contribution in [0.4, 0.5) is 0 Å². The first-order chi connectivity index (χ1) is 4.47. The summed E-state index contributed by atoms with van der Waals surface area (Å²) < 4.78 is 0. The highest BCUT2D eigenvalue weighted by Gasteiger charge is 1.91. The highest BCUT2D eigenvalue weighted by molar-refractivity contribution is 5.03. The summed E-state index contributed by atoms with van der Waals surface area (Å²) in [5.41, 5.74) is 0. The van der Waals surface area contributed by atoms with E-state index in [0.29, 0.717) is 0 Å². The minimum absolute atomic E-state index is 0.970. The maximum atomic E-state index is 4.01. The largest absolute Gasteiger partial charge is 0.252 e. The van der Waals surface area contributed by atoms with E-state index in [0.717, 1.165) is 10.7 Å². The average Bonchev–Trinajstić information content (AvgIpc) is 2.33. The van der Waals surface area contributed by atoms with Crippen LogP contribution in [0.2, 0.25) is 0 Å². The molecule has 1 aromatic rings. The Bertz CT molecular complexity index is 294. The number of benzene rings is 1. The fraction of sp³-hybridized carbons (Fsp3) is 0. The second kappa shape index (κ2) is 1.65. The third kappa shape index (κ3) is 0.633. The second-order valence-electron chi connectivity index (χ2n) is 1.86. The molecular formula is C7H5N2. The minimum Gasteiger partial charge on any atom is -0.252 e. The van der Waals surface area contributed by atoms with Gasteiger partial charge in [0.25, 0.3) is 0 Å². The predicted molar refractivity (Wildman–Crippen MR) is 33.1 cm³/mol. The molecule has 0 atom stereocenters. The van der Waals surface area contributed by atoms with Crippen LogP contribution in [0.1, 0.15) is 0 Å². The molecule has 0 aliphatic carbocycles. The molecule has 1 radical (unpaired) electrons. The summed E-state index contributed by atoms with van der Waals surface area (Å²) in [6.07, 6.45) is 0. The minimum atomic E-state index is 0.970. The van der Waals surface area contributed by atoms with Crippen LogP contribution in [0, 0.1) is 6.67 Å². The molecule has 0 bridgehead atoms. The molecule has 1 aromatic carbocycles. The van der Waals surface area contributed by atoms with Crippen LogP contribution in [-0.2, 0) is 0 Å². The number of nitrogens with zero attached hydrogens (tertiary/aromatic N) is 2. The van der Waals surface area contributed by atoms with Crippen LogP contribution >= 0.6 is 0 Å². The zero-order valence-corrected chi connectivity index (χ0v) is 4.78. The van der Waals surface area contributed by atoms with Crippen molar-refractivity contribution in [2.24, 2.45) is 9.98 Å². The standard InChI is InChI=1S/C7H5N2/c1-2-4-7-6(3-1)8-5-9-7/h1-5H. The molecule has 1 heterocycles. The Kier molecular flexibility index (Phi) is 0.859. The van der Waals surface area contributed by atoms with E-state index in [1.165, 1.54) is 0 Å². The van der Waals surface area contributed by atoms with E-state index in [2.05, 4.69) is 9.98 Å². The lowest BCUT2D eigenvalue weighted by Crippen LogP contribution is -2.19. The average molecular weight is 117 g/mol.